The minimum atomic E-state index is -0.169. The molecule has 1 aromatic heterocycles. The Morgan fingerprint density at radius 2 is 1.96 bits per heavy atom. The number of thioether (sulfide) groups is 1. The van der Waals surface area contributed by atoms with Gasteiger partial charge < -0.3 is 15.4 Å². The van der Waals surface area contributed by atoms with Gasteiger partial charge in [0.1, 0.15) is 23.5 Å². The lowest BCUT2D eigenvalue weighted by Crippen LogP contribution is -2.51. The summed E-state index contributed by atoms with van der Waals surface area (Å²) in [4.78, 5) is 12.7. The SMILES string of the molecule is CSc1ccc2ncnc(N3CCC4(CC3)CC(N)c3ccccc3O4)c2c1. The van der Waals surface area contributed by atoms with Crippen molar-refractivity contribution in [3.05, 3.63) is 54.4 Å². The largest absolute Gasteiger partial charge is 0.487 e. The van der Waals surface area contributed by atoms with Crippen LogP contribution in [0.5, 0.6) is 5.75 Å². The van der Waals surface area contributed by atoms with Crippen molar-refractivity contribution >= 4 is 28.5 Å². The summed E-state index contributed by atoms with van der Waals surface area (Å²) in [6, 6.07) is 14.6. The molecule has 5 rings (SSSR count). The number of benzene rings is 2. The zero-order chi connectivity index (χ0) is 19.1. The van der Waals surface area contributed by atoms with Crippen LogP contribution < -0.4 is 15.4 Å². The minimum Gasteiger partial charge on any atom is -0.487 e. The Bertz CT molecular complexity index is 1020. The lowest BCUT2D eigenvalue weighted by Gasteiger charge is -2.46. The van der Waals surface area contributed by atoms with Crippen molar-refractivity contribution in [1.29, 1.82) is 0 Å². The first-order valence-electron chi connectivity index (χ1n) is 9.75. The van der Waals surface area contributed by atoms with Gasteiger partial charge in [-0.3, -0.25) is 0 Å². The molecule has 6 heteroatoms. The number of piperidine rings is 1. The molecular formula is C22H24N4OS. The number of aromatic nitrogens is 2. The lowest BCUT2D eigenvalue weighted by molar-refractivity contribution is 0.0132. The zero-order valence-electron chi connectivity index (χ0n) is 16.0. The van der Waals surface area contributed by atoms with E-state index in [-0.39, 0.29) is 11.6 Å². The molecule has 2 aliphatic heterocycles. The van der Waals surface area contributed by atoms with Gasteiger partial charge in [0.2, 0.25) is 0 Å². The highest BCUT2D eigenvalue weighted by Crippen LogP contribution is 2.44. The second kappa shape index (κ2) is 6.94. The van der Waals surface area contributed by atoms with Crippen molar-refractivity contribution < 1.29 is 4.74 Å². The number of anilines is 1. The molecule has 0 radical (unpaired) electrons. The average Bonchev–Trinajstić information content (AvgIpc) is 2.73. The first-order valence-corrected chi connectivity index (χ1v) is 11.0. The van der Waals surface area contributed by atoms with Crippen LogP contribution in [0.1, 0.15) is 30.9 Å². The van der Waals surface area contributed by atoms with Gasteiger partial charge in [-0.2, -0.15) is 0 Å². The van der Waals surface area contributed by atoms with Crippen LogP contribution in [-0.4, -0.2) is 34.9 Å². The van der Waals surface area contributed by atoms with Crippen molar-refractivity contribution in [2.75, 3.05) is 24.2 Å². The van der Waals surface area contributed by atoms with Gasteiger partial charge in [0.15, 0.2) is 0 Å². The first-order chi connectivity index (χ1) is 13.7. The standard InChI is InChI=1S/C22H24N4OS/c1-28-15-6-7-19-17(12-15)21(25-14-24-19)26-10-8-22(9-11-26)13-18(23)16-4-2-3-5-20(16)27-22/h2-7,12,14,18H,8-11,13,23H2,1H3. The Kier molecular flexibility index (Phi) is 4.40. The van der Waals surface area contributed by atoms with Crippen LogP contribution >= 0.6 is 11.8 Å². The molecule has 1 saturated heterocycles. The first kappa shape index (κ1) is 17.8. The maximum Gasteiger partial charge on any atom is 0.139 e. The Labute approximate surface area is 169 Å². The molecule has 1 atom stereocenters. The van der Waals surface area contributed by atoms with Gasteiger partial charge in [-0.05, 0) is 30.5 Å². The van der Waals surface area contributed by atoms with E-state index in [2.05, 4.69) is 45.4 Å². The van der Waals surface area contributed by atoms with E-state index in [0.717, 1.165) is 60.4 Å². The van der Waals surface area contributed by atoms with Crippen molar-refractivity contribution in [3.8, 4) is 5.75 Å². The molecule has 0 bridgehead atoms. The number of fused-ring (bicyclic) bond motifs is 2. The number of hydrogen-bond donors (Lipinski definition) is 1. The zero-order valence-corrected chi connectivity index (χ0v) is 16.8. The van der Waals surface area contributed by atoms with Gasteiger partial charge in [0.25, 0.3) is 0 Å². The topological polar surface area (TPSA) is 64.3 Å². The molecule has 1 fully saturated rings. The van der Waals surface area contributed by atoms with E-state index in [1.807, 2.05) is 18.2 Å². The summed E-state index contributed by atoms with van der Waals surface area (Å²) in [6.45, 7) is 1.81. The highest BCUT2D eigenvalue weighted by atomic mass is 32.2. The highest BCUT2D eigenvalue weighted by Gasteiger charge is 2.42. The van der Waals surface area contributed by atoms with Gasteiger partial charge in [0, 0.05) is 54.2 Å². The summed E-state index contributed by atoms with van der Waals surface area (Å²) in [5.41, 5.74) is 8.44. The maximum atomic E-state index is 6.50. The maximum absolute atomic E-state index is 6.50. The third-order valence-electron chi connectivity index (χ3n) is 6.03. The Morgan fingerprint density at radius 3 is 2.79 bits per heavy atom. The summed E-state index contributed by atoms with van der Waals surface area (Å²) in [7, 11) is 0. The van der Waals surface area contributed by atoms with E-state index < -0.39 is 0 Å². The Hall–Kier alpha value is -2.31. The highest BCUT2D eigenvalue weighted by molar-refractivity contribution is 7.98. The number of rotatable bonds is 2. The molecule has 0 saturated carbocycles. The second-order valence-electron chi connectivity index (χ2n) is 7.70. The number of nitrogens with zero attached hydrogens (tertiary/aromatic N) is 3. The van der Waals surface area contributed by atoms with E-state index in [9.17, 15) is 0 Å². The molecule has 1 unspecified atom stereocenters. The molecule has 144 valence electrons. The summed E-state index contributed by atoms with van der Waals surface area (Å²) < 4.78 is 6.50. The van der Waals surface area contributed by atoms with Gasteiger partial charge >= 0.3 is 0 Å². The fourth-order valence-corrected chi connectivity index (χ4v) is 4.94. The van der Waals surface area contributed by atoms with Crippen molar-refractivity contribution in [3.63, 3.8) is 0 Å². The van der Waals surface area contributed by atoms with Crippen LogP contribution in [0, 0.1) is 0 Å². The van der Waals surface area contributed by atoms with Crippen LogP contribution in [0.3, 0.4) is 0 Å². The molecule has 3 aromatic rings. The summed E-state index contributed by atoms with van der Waals surface area (Å²) in [6.07, 6.45) is 6.53. The third kappa shape index (κ3) is 3.01. The number of para-hydroxylation sites is 1. The van der Waals surface area contributed by atoms with Crippen molar-refractivity contribution in [2.24, 2.45) is 5.73 Å². The minimum absolute atomic E-state index is 0.0421. The van der Waals surface area contributed by atoms with Crippen molar-refractivity contribution in [1.82, 2.24) is 9.97 Å². The summed E-state index contributed by atoms with van der Waals surface area (Å²) in [5, 5.41) is 1.12. The fourth-order valence-electron chi connectivity index (χ4n) is 4.50. The molecular weight excluding hydrogens is 368 g/mol. The number of hydrogen-bond acceptors (Lipinski definition) is 6. The molecule has 2 aromatic carbocycles. The van der Waals surface area contributed by atoms with Gasteiger partial charge in [0.05, 0.1) is 5.52 Å². The average molecular weight is 393 g/mol. The van der Waals surface area contributed by atoms with E-state index >= 15 is 0 Å². The molecule has 28 heavy (non-hydrogen) atoms. The predicted octanol–water partition coefficient (Wildman–Crippen LogP) is 4.17. The third-order valence-corrected chi connectivity index (χ3v) is 6.76. The smallest absolute Gasteiger partial charge is 0.139 e. The van der Waals surface area contributed by atoms with Gasteiger partial charge in [-0.25, -0.2) is 9.97 Å². The Balaban J connectivity index is 1.40. The Morgan fingerprint density at radius 1 is 1.14 bits per heavy atom. The van der Waals surface area contributed by atoms with Crippen LogP contribution in [0.2, 0.25) is 0 Å². The lowest BCUT2D eigenvalue weighted by atomic mass is 9.81. The van der Waals surface area contributed by atoms with E-state index in [0.29, 0.717) is 0 Å². The van der Waals surface area contributed by atoms with Crippen LogP contribution in [0.4, 0.5) is 5.82 Å². The normalized spacial score (nSPS) is 20.8. The van der Waals surface area contributed by atoms with Gasteiger partial charge in [-0.1, -0.05) is 18.2 Å². The quantitative estimate of drug-likeness (QED) is 0.660. The molecule has 0 amide bonds. The molecule has 2 aliphatic rings. The van der Waals surface area contributed by atoms with Crippen LogP contribution in [-0.2, 0) is 0 Å². The second-order valence-corrected chi connectivity index (χ2v) is 8.58. The van der Waals surface area contributed by atoms with Crippen molar-refractivity contribution in [2.45, 2.75) is 35.8 Å². The molecule has 2 N–H and O–H groups in total. The number of ether oxygens (including phenoxy) is 1. The van der Waals surface area contributed by atoms with Gasteiger partial charge in [-0.15, -0.1) is 11.8 Å². The summed E-state index contributed by atoms with van der Waals surface area (Å²) in [5.74, 6) is 1.98. The predicted molar refractivity (Wildman–Crippen MR) is 114 cm³/mol. The van der Waals surface area contributed by atoms with E-state index in [1.165, 1.54) is 4.90 Å². The van der Waals surface area contributed by atoms with E-state index in [1.54, 1.807) is 18.1 Å². The van der Waals surface area contributed by atoms with E-state index in [4.69, 9.17) is 10.5 Å². The molecule has 5 nitrogen and oxygen atoms in total. The molecule has 3 heterocycles. The van der Waals surface area contributed by atoms with Crippen LogP contribution in [0.15, 0.2) is 53.7 Å². The fraction of sp³-hybridized carbons (Fsp3) is 0.364. The molecule has 1 spiro atoms. The summed E-state index contributed by atoms with van der Waals surface area (Å²) >= 11 is 1.74. The molecule has 0 aliphatic carbocycles. The number of nitrogens with two attached hydrogens (primary N) is 1. The monoisotopic (exact) mass is 392 g/mol. The van der Waals surface area contributed by atoms with Crippen LogP contribution in [0.25, 0.3) is 10.9 Å².